The molecule has 13 heavy (non-hydrogen) atoms. The van der Waals surface area contributed by atoms with E-state index >= 15 is 0 Å². The van der Waals surface area contributed by atoms with Crippen molar-refractivity contribution in [3.63, 3.8) is 0 Å². The molecule has 1 nitrogen and oxygen atoms in total. The average molecular weight is 172 g/mol. The molecule has 0 spiro atoms. The molecule has 1 heteroatoms. The first kappa shape index (κ1) is 7.19. The maximum Gasteiger partial charge on any atom is 0.120 e. The zero-order valence-electron chi connectivity index (χ0n) is 7.89. The van der Waals surface area contributed by atoms with E-state index in [0.717, 1.165) is 12.0 Å². The minimum Gasteiger partial charge on any atom is -0.508 e. The molecule has 0 atom stereocenters. The van der Waals surface area contributed by atoms with Crippen molar-refractivity contribution in [2.45, 2.75) is 20.3 Å². The summed E-state index contributed by atoms with van der Waals surface area (Å²) in [7, 11) is 0. The van der Waals surface area contributed by atoms with E-state index in [1.807, 2.05) is 6.08 Å². The Kier molecular flexibility index (Phi) is 1.00. The van der Waals surface area contributed by atoms with E-state index in [1.165, 1.54) is 16.7 Å². The number of allylic oxidation sites excluding steroid dienone is 7. The van der Waals surface area contributed by atoms with Crippen molar-refractivity contribution in [3.05, 3.63) is 46.3 Å². The van der Waals surface area contributed by atoms with Gasteiger partial charge >= 0.3 is 0 Å². The highest BCUT2D eigenvalue weighted by Gasteiger charge is 2.39. The molecule has 0 unspecified atom stereocenters. The van der Waals surface area contributed by atoms with Crippen molar-refractivity contribution >= 4 is 0 Å². The van der Waals surface area contributed by atoms with E-state index in [0.29, 0.717) is 5.76 Å². The predicted molar refractivity (Wildman–Crippen MR) is 52.3 cm³/mol. The summed E-state index contributed by atoms with van der Waals surface area (Å²) in [5.41, 5.74) is 5.33. The topological polar surface area (TPSA) is 20.2 Å². The monoisotopic (exact) mass is 172 g/mol. The van der Waals surface area contributed by atoms with Crippen molar-refractivity contribution in [1.82, 2.24) is 0 Å². The molecule has 0 saturated heterocycles. The van der Waals surface area contributed by atoms with Gasteiger partial charge in [0.15, 0.2) is 0 Å². The molecule has 0 aromatic heterocycles. The first-order valence-corrected chi connectivity index (χ1v) is 4.67. The van der Waals surface area contributed by atoms with E-state index in [1.54, 1.807) is 0 Å². The highest BCUT2D eigenvalue weighted by molar-refractivity contribution is 5.71. The van der Waals surface area contributed by atoms with Gasteiger partial charge in [0.25, 0.3) is 0 Å². The molecule has 0 amide bonds. The van der Waals surface area contributed by atoms with Gasteiger partial charge in [0.2, 0.25) is 0 Å². The molecule has 0 radical (unpaired) electrons. The highest BCUT2D eigenvalue weighted by Crippen LogP contribution is 2.54. The number of aliphatic hydroxyl groups is 1. The van der Waals surface area contributed by atoms with Gasteiger partial charge in [-0.25, -0.2) is 0 Å². The molecular weight excluding hydrogens is 160 g/mol. The first-order chi connectivity index (χ1) is 6.09. The number of hydrogen-bond acceptors (Lipinski definition) is 1. The Balaban J connectivity index is 2.27. The lowest BCUT2D eigenvalue weighted by Crippen LogP contribution is -2.09. The van der Waals surface area contributed by atoms with Gasteiger partial charge in [-0.05, 0) is 22.8 Å². The Morgan fingerprint density at radius 2 is 2.15 bits per heavy atom. The number of hydrogen-bond donors (Lipinski definition) is 1. The number of rotatable bonds is 0. The lowest BCUT2D eigenvalue weighted by Gasteiger charge is -2.21. The van der Waals surface area contributed by atoms with Crippen molar-refractivity contribution in [2.24, 2.45) is 5.41 Å². The third kappa shape index (κ3) is 0.683. The SMILES string of the molecule is CC1(C)C=CC2=C1C1=CC(O)=C2C1. The van der Waals surface area contributed by atoms with E-state index < -0.39 is 0 Å². The molecule has 1 N–H and O–H groups in total. The Labute approximate surface area is 77.8 Å². The van der Waals surface area contributed by atoms with Crippen LogP contribution in [0, 0.1) is 5.41 Å². The molecule has 3 rings (SSSR count). The molecule has 3 aliphatic rings. The molecule has 2 bridgehead atoms. The van der Waals surface area contributed by atoms with Crippen molar-refractivity contribution in [3.8, 4) is 0 Å². The van der Waals surface area contributed by atoms with Gasteiger partial charge in [-0.15, -0.1) is 0 Å². The summed E-state index contributed by atoms with van der Waals surface area (Å²) < 4.78 is 0. The Morgan fingerprint density at radius 3 is 2.92 bits per heavy atom. The Hall–Kier alpha value is -1.24. The van der Waals surface area contributed by atoms with Crippen molar-refractivity contribution in [2.75, 3.05) is 0 Å². The van der Waals surface area contributed by atoms with Gasteiger partial charge in [0, 0.05) is 17.4 Å². The molecule has 0 aromatic rings. The van der Waals surface area contributed by atoms with Gasteiger partial charge in [0.1, 0.15) is 5.76 Å². The molecule has 0 saturated carbocycles. The smallest absolute Gasteiger partial charge is 0.120 e. The normalized spacial score (nSPS) is 27.4. The number of fused-ring (bicyclic) bond motifs is 4. The maximum atomic E-state index is 9.57. The summed E-state index contributed by atoms with van der Waals surface area (Å²) in [5.74, 6) is 0.483. The standard InChI is InChI=1S/C12H12O/c1-12(2)4-3-8-9-5-7(11(8)12)6-10(9)13/h3-4,6,13H,5H2,1-2H3. The molecular formula is C12H12O. The zero-order valence-corrected chi connectivity index (χ0v) is 7.89. The van der Waals surface area contributed by atoms with Crippen LogP contribution in [0.2, 0.25) is 0 Å². The minimum atomic E-state index is 0.170. The van der Waals surface area contributed by atoms with Crippen LogP contribution in [0.1, 0.15) is 20.3 Å². The summed E-state index contributed by atoms with van der Waals surface area (Å²) >= 11 is 0. The molecule has 3 aliphatic carbocycles. The highest BCUT2D eigenvalue weighted by atomic mass is 16.3. The molecule has 0 fully saturated rings. The number of aliphatic hydroxyl groups excluding tert-OH is 1. The zero-order chi connectivity index (χ0) is 9.22. The Bertz CT molecular complexity index is 428. The van der Waals surface area contributed by atoms with Crippen LogP contribution < -0.4 is 0 Å². The molecule has 0 heterocycles. The van der Waals surface area contributed by atoms with Crippen LogP contribution in [0.4, 0.5) is 0 Å². The third-order valence-corrected chi connectivity index (χ3v) is 3.21. The van der Waals surface area contributed by atoms with E-state index in [9.17, 15) is 5.11 Å². The largest absolute Gasteiger partial charge is 0.508 e. The van der Waals surface area contributed by atoms with Crippen LogP contribution in [-0.4, -0.2) is 5.11 Å². The van der Waals surface area contributed by atoms with Gasteiger partial charge in [-0.1, -0.05) is 26.0 Å². The Morgan fingerprint density at radius 1 is 1.38 bits per heavy atom. The fourth-order valence-corrected chi connectivity index (χ4v) is 2.62. The second-order valence-electron chi connectivity index (χ2n) is 4.55. The quantitative estimate of drug-likeness (QED) is 0.595. The van der Waals surface area contributed by atoms with E-state index in [2.05, 4.69) is 26.0 Å². The summed E-state index contributed by atoms with van der Waals surface area (Å²) in [6, 6.07) is 0. The minimum absolute atomic E-state index is 0.170. The third-order valence-electron chi connectivity index (χ3n) is 3.21. The predicted octanol–water partition coefficient (Wildman–Crippen LogP) is 3.03. The second-order valence-corrected chi connectivity index (χ2v) is 4.55. The van der Waals surface area contributed by atoms with Crippen LogP contribution in [0.3, 0.4) is 0 Å². The average Bonchev–Trinajstić information content (AvgIpc) is 2.62. The van der Waals surface area contributed by atoms with Gasteiger partial charge in [0.05, 0.1) is 0 Å². The molecule has 0 aliphatic heterocycles. The lowest BCUT2D eigenvalue weighted by molar-refractivity contribution is 0.428. The van der Waals surface area contributed by atoms with Crippen LogP contribution >= 0.6 is 0 Å². The maximum absolute atomic E-state index is 9.57. The van der Waals surface area contributed by atoms with Crippen LogP contribution in [0.15, 0.2) is 46.3 Å². The summed E-state index contributed by atoms with van der Waals surface area (Å²) in [5, 5.41) is 9.57. The van der Waals surface area contributed by atoms with Crippen LogP contribution in [-0.2, 0) is 0 Å². The fourth-order valence-electron chi connectivity index (χ4n) is 2.62. The van der Waals surface area contributed by atoms with Crippen molar-refractivity contribution in [1.29, 1.82) is 0 Å². The fraction of sp³-hybridized carbons (Fsp3) is 0.333. The van der Waals surface area contributed by atoms with Gasteiger partial charge < -0.3 is 5.11 Å². The first-order valence-electron chi connectivity index (χ1n) is 4.67. The van der Waals surface area contributed by atoms with Crippen LogP contribution in [0.25, 0.3) is 0 Å². The second kappa shape index (κ2) is 1.82. The van der Waals surface area contributed by atoms with Gasteiger partial charge in [-0.3, -0.25) is 0 Å². The van der Waals surface area contributed by atoms with E-state index in [4.69, 9.17) is 0 Å². The summed E-state index contributed by atoms with van der Waals surface area (Å²) in [6.07, 6.45) is 7.25. The van der Waals surface area contributed by atoms with E-state index in [-0.39, 0.29) is 5.41 Å². The molecule has 66 valence electrons. The van der Waals surface area contributed by atoms with Crippen molar-refractivity contribution < 1.29 is 5.11 Å². The summed E-state index contributed by atoms with van der Waals surface area (Å²) in [4.78, 5) is 0. The summed E-state index contributed by atoms with van der Waals surface area (Å²) in [6.45, 7) is 4.45. The molecule has 0 aromatic carbocycles. The lowest BCUT2D eigenvalue weighted by atomic mass is 9.83. The van der Waals surface area contributed by atoms with Crippen LogP contribution in [0.5, 0.6) is 0 Å². The van der Waals surface area contributed by atoms with Gasteiger partial charge in [-0.2, -0.15) is 0 Å².